The van der Waals surface area contributed by atoms with Gasteiger partial charge in [-0.05, 0) is 24.6 Å². The summed E-state index contributed by atoms with van der Waals surface area (Å²) in [5.74, 6) is 1.53. The minimum Gasteiger partial charge on any atom is -0.481 e. The van der Waals surface area contributed by atoms with Crippen LogP contribution in [-0.4, -0.2) is 35.1 Å². The van der Waals surface area contributed by atoms with E-state index in [1.165, 1.54) is 4.90 Å². The van der Waals surface area contributed by atoms with Crippen LogP contribution in [0.5, 0.6) is 0 Å². The van der Waals surface area contributed by atoms with E-state index in [0.717, 1.165) is 0 Å². The molecule has 0 fully saturated rings. The molecule has 0 spiro atoms. The van der Waals surface area contributed by atoms with E-state index >= 15 is 0 Å². The Labute approximate surface area is 112 Å². The molecule has 0 aromatic heterocycles. The van der Waals surface area contributed by atoms with E-state index in [1.807, 2.05) is 6.92 Å². The molecular weight excluding hydrogens is 244 g/mol. The molecule has 19 heavy (non-hydrogen) atoms. The molecule has 0 heterocycles. The molecule has 1 aromatic carbocycles. The van der Waals surface area contributed by atoms with Gasteiger partial charge >= 0.3 is 12.0 Å². The second-order valence-corrected chi connectivity index (χ2v) is 3.92. The first kappa shape index (κ1) is 14.6. The highest BCUT2D eigenvalue weighted by Crippen LogP contribution is 2.11. The molecule has 0 atom stereocenters. The van der Waals surface area contributed by atoms with Crippen molar-refractivity contribution in [3.63, 3.8) is 0 Å². The number of carboxylic acid groups (broad SMARTS) is 1. The van der Waals surface area contributed by atoms with Crippen LogP contribution in [0, 0.1) is 12.3 Å². The van der Waals surface area contributed by atoms with E-state index in [1.54, 1.807) is 24.3 Å². The Hall–Kier alpha value is -2.48. The van der Waals surface area contributed by atoms with Crippen LogP contribution < -0.4 is 5.32 Å². The zero-order valence-corrected chi connectivity index (χ0v) is 10.7. The molecule has 0 bridgehead atoms. The first-order chi connectivity index (χ1) is 9.06. The van der Waals surface area contributed by atoms with Gasteiger partial charge in [0.25, 0.3) is 0 Å². The van der Waals surface area contributed by atoms with Crippen LogP contribution >= 0.6 is 0 Å². The normalized spacial score (nSPS) is 9.47. The maximum Gasteiger partial charge on any atom is 0.322 e. The number of nitrogens with zero attached hydrogens (tertiary/aromatic N) is 1. The number of rotatable bonds is 5. The summed E-state index contributed by atoms with van der Waals surface area (Å²) in [6, 6.07) is 6.40. The predicted octanol–water partition coefficient (Wildman–Crippen LogP) is 1.80. The van der Waals surface area contributed by atoms with Crippen LogP contribution in [0.4, 0.5) is 10.5 Å². The average molecular weight is 260 g/mol. The fourth-order valence-electron chi connectivity index (χ4n) is 1.52. The lowest BCUT2D eigenvalue weighted by Crippen LogP contribution is -2.35. The molecule has 0 aliphatic heterocycles. The lowest BCUT2D eigenvalue weighted by Gasteiger charge is -2.18. The number of carbonyl (C=O) groups excluding carboxylic acids is 1. The average Bonchev–Trinajstić information content (AvgIpc) is 2.37. The number of anilines is 1. The summed E-state index contributed by atoms with van der Waals surface area (Å²) < 4.78 is 0. The van der Waals surface area contributed by atoms with E-state index in [2.05, 4.69) is 11.2 Å². The first-order valence-electron chi connectivity index (χ1n) is 5.87. The van der Waals surface area contributed by atoms with Crippen LogP contribution in [0.2, 0.25) is 0 Å². The molecule has 100 valence electrons. The minimum atomic E-state index is -0.886. The Morgan fingerprint density at radius 1 is 1.37 bits per heavy atom. The van der Waals surface area contributed by atoms with Gasteiger partial charge in [-0.3, -0.25) is 4.79 Å². The largest absolute Gasteiger partial charge is 0.481 e. The van der Waals surface area contributed by atoms with Crippen LogP contribution in [-0.2, 0) is 11.2 Å². The maximum atomic E-state index is 11.8. The molecule has 0 radical (unpaired) electrons. The highest BCUT2D eigenvalue weighted by molar-refractivity contribution is 5.89. The summed E-state index contributed by atoms with van der Waals surface area (Å²) in [6.07, 6.45) is 5.14. The molecule has 2 amide bonds. The lowest BCUT2D eigenvalue weighted by atomic mass is 10.1. The smallest absolute Gasteiger partial charge is 0.322 e. The number of terminal acetylenes is 1. The third kappa shape index (κ3) is 4.72. The van der Waals surface area contributed by atoms with Crippen LogP contribution in [0.1, 0.15) is 12.5 Å². The summed E-state index contributed by atoms with van der Waals surface area (Å²) in [4.78, 5) is 23.8. The Morgan fingerprint density at radius 2 is 2.00 bits per heavy atom. The molecule has 0 saturated heterocycles. The van der Waals surface area contributed by atoms with Crippen molar-refractivity contribution in [1.82, 2.24) is 4.90 Å². The second-order valence-electron chi connectivity index (χ2n) is 3.92. The van der Waals surface area contributed by atoms with Gasteiger partial charge in [0.2, 0.25) is 0 Å². The van der Waals surface area contributed by atoms with Gasteiger partial charge in [0.05, 0.1) is 13.0 Å². The van der Waals surface area contributed by atoms with Gasteiger partial charge in [-0.1, -0.05) is 18.1 Å². The first-order valence-corrected chi connectivity index (χ1v) is 5.87. The molecule has 5 nitrogen and oxygen atoms in total. The van der Waals surface area contributed by atoms with E-state index < -0.39 is 5.97 Å². The highest BCUT2D eigenvalue weighted by atomic mass is 16.4. The third-order valence-electron chi connectivity index (χ3n) is 2.51. The van der Waals surface area contributed by atoms with Gasteiger partial charge in [0.1, 0.15) is 0 Å². The summed E-state index contributed by atoms with van der Waals surface area (Å²) in [7, 11) is 0. The number of carboxylic acids is 1. The number of hydrogen-bond donors (Lipinski definition) is 2. The zero-order valence-electron chi connectivity index (χ0n) is 10.7. The number of hydrogen-bond acceptors (Lipinski definition) is 2. The number of amides is 2. The molecule has 0 aliphatic rings. The van der Waals surface area contributed by atoms with Gasteiger partial charge in [-0.2, -0.15) is 0 Å². The Bertz CT molecular complexity index is 488. The maximum absolute atomic E-state index is 11.8. The van der Waals surface area contributed by atoms with Crippen molar-refractivity contribution in [2.75, 3.05) is 18.4 Å². The number of nitrogens with one attached hydrogen (secondary N) is 1. The third-order valence-corrected chi connectivity index (χ3v) is 2.51. The topological polar surface area (TPSA) is 69.6 Å². The van der Waals surface area contributed by atoms with Crippen molar-refractivity contribution in [3.8, 4) is 12.3 Å². The molecule has 2 N–H and O–H groups in total. The molecule has 1 aromatic rings. The lowest BCUT2D eigenvalue weighted by molar-refractivity contribution is -0.136. The van der Waals surface area contributed by atoms with Crippen LogP contribution in [0.3, 0.4) is 0 Å². The van der Waals surface area contributed by atoms with Gasteiger partial charge in [-0.25, -0.2) is 4.79 Å². The van der Waals surface area contributed by atoms with E-state index in [-0.39, 0.29) is 19.0 Å². The van der Waals surface area contributed by atoms with Crippen LogP contribution in [0.15, 0.2) is 24.3 Å². The van der Waals surface area contributed by atoms with Gasteiger partial charge in [0, 0.05) is 12.2 Å². The number of aliphatic carboxylic acids is 1. The fraction of sp³-hybridized carbons (Fsp3) is 0.286. The van der Waals surface area contributed by atoms with Crippen molar-refractivity contribution in [2.24, 2.45) is 0 Å². The molecular formula is C14H16N2O3. The number of carbonyl (C=O) groups is 2. The quantitative estimate of drug-likeness (QED) is 0.793. The van der Waals surface area contributed by atoms with Gasteiger partial charge < -0.3 is 15.3 Å². The van der Waals surface area contributed by atoms with Crippen molar-refractivity contribution in [2.45, 2.75) is 13.3 Å². The van der Waals surface area contributed by atoms with E-state index in [9.17, 15) is 9.59 Å². The minimum absolute atomic E-state index is 0.0353. The standard InChI is InChI=1S/C14H16N2O3/c1-3-9-16(4-2)14(19)15-12-7-5-11(6-8-12)10-13(17)18/h1,5-8H,4,9-10H2,2H3,(H,15,19)(H,17,18). The fourth-order valence-corrected chi connectivity index (χ4v) is 1.52. The summed E-state index contributed by atoms with van der Waals surface area (Å²) >= 11 is 0. The van der Waals surface area contributed by atoms with Gasteiger partial charge in [0.15, 0.2) is 0 Å². The molecule has 1 rings (SSSR count). The number of urea groups is 1. The van der Waals surface area contributed by atoms with E-state index in [0.29, 0.717) is 17.8 Å². The summed E-state index contributed by atoms with van der Waals surface area (Å²) in [6.45, 7) is 2.61. The summed E-state index contributed by atoms with van der Waals surface area (Å²) in [5, 5.41) is 11.4. The second kappa shape index (κ2) is 7.07. The Kier molecular flexibility index (Phi) is 5.42. The van der Waals surface area contributed by atoms with Crippen molar-refractivity contribution in [3.05, 3.63) is 29.8 Å². The molecule has 0 unspecified atom stereocenters. The van der Waals surface area contributed by atoms with Crippen molar-refractivity contribution < 1.29 is 14.7 Å². The van der Waals surface area contributed by atoms with Crippen LogP contribution in [0.25, 0.3) is 0 Å². The van der Waals surface area contributed by atoms with Crippen molar-refractivity contribution >= 4 is 17.7 Å². The molecule has 0 aliphatic carbocycles. The molecule has 0 saturated carbocycles. The number of benzene rings is 1. The zero-order chi connectivity index (χ0) is 14.3. The monoisotopic (exact) mass is 260 g/mol. The highest BCUT2D eigenvalue weighted by Gasteiger charge is 2.10. The van der Waals surface area contributed by atoms with E-state index in [4.69, 9.17) is 11.5 Å². The van der Waals surface area contributed by atoms with Gasteiger partial charge in [-0.15, -0.1) is 6.42 Å². The van der Waals surface area contributed by atoms with Crippen molar-refractivity contribution in [1.29, 1.82) is 0 Å². The SMILES string of the molecule is C#CCN(CC)C(=O)Nc1ccc(CC(=O)O)cc1. The predicted molar refractivity (Wildman–Crippen MR) is 72.9 cm³/mol. The Morgan fingerprint density at radius 3 is 2.47 bits per heavy atom. The molecule has 5 heteroatoms. The summed E-state index contributed by atoms with van der Waals surface area (Å²) in [5.41, 5.74) is 1.29. The Balaban J connectivity index is 2.65.